The van der Waals surface area contributed by atoms with Crippen LogP contribution in [0.25, 0.3) is 0 Å². The van der Waals surface area contributed by atoms with Crippen LogP contribution in [0.2, 0.25) is 0 Å². The van der Waals surface area contributed by atoms with E-state index in [1.807, 2.05) is 6.07 Å². The first kappa shape index (κ1) is 8.59. The van der Waals surface area contributed by atoms with E-state index in [0.29, 0.717) is 0 Å². The maximum Gasteiger partial charge on any atom is 0.142 e. The second-order valence-corrected chi connectivity index (χ2v) is 3.05. The van der Waals surface area contributed by atoms with Gasteiger partial charge < -0.3 is 4.74 Å². The minimum atomic E-state index is 0.826. The van der Waals surface area contributed by atoms with E-state index >= 15 is 0 Å². The molecule has 1 aromatic rings. The number of nitrogens with zero attached hydrogens (tertiary/aromatic N) is 3. The molecular formula is C9H13N3O. The summed E-state index contributed by atoms with van der Waals surface area (Å²) in [7, 11) is 0. The van der Waals surface area contributed by atoms with Crippen LogP contribution in [-0.4, -0.2) is 41.2 Å². The van der Waals surface area contributed by atoms with Gasteiger partial charge in [0.25, 0.3) is 0 Å². The third-order valence-electron chi connectivity index (χ3n) is 2.09. The summed E-state index contributed by atoms with van der Waals surface area (Å²) in [4.78, 5) is 10.7. The molecule has 2 rings (SSSR count). The molecule has 0 aromatic carbocycles. The summed E-state index contributed by atoms with van der Waals surface area (Å²) in [5.41, 5.74) is 0. The predicted molar refractivity (Wildman–Crippen MR) is 48.1 cm³/mol. The first-order valence-corrected chi connectivity index (χ1v) is 4.51. The molecule has 1 saturated heterocycles. The van der Waals surface area contributed by atoms with E-state index in [1.54, 1.807) is 12.4 Å². The van der Waals surface area contributed by atoms with Crippen LogP contribution in [0.15, 0.2) is 18.5 Å². The van der Waals surface area contributed by atoms with Crippen molar-refractivity contribution >= 4 is 0 Å². The Morgan fingerprint density at radius 1 is 1.23 bits per heavy atom. The smallest absolute Gasteiger partial charge is 0.142 e. The van der Waals surface area contributed by atoms with Crippen molar-refractivity contribution in [1.29, 1.82) is 0 Å². The fourth-order valence-electron chi connectivity index (χ4n) is 1.37. The number of aromatic nitrogens is 2. The van der Waals surface area contributed by atoms with Crippen LogP contribution in [0.1, 0.15) is 5.82 Å². The minimum absolute atomic E-state index is 0.826. The predicted octanol–water partition coefficient (Wildman–Crippen LogP) is 0.309. The average molecular weight is 179 g/mol. The van der Waals surface area contributed by atoms with E-state index in [1.165, 1.54) is 0 Å². The van der Waals surface area contributed by atoms with Gasteiger partial charge in [-0.25, -0.2) is 9.97 Å². The Balaban J connectivity index is 1.90. The molecule has 0 aliphatic carbocycles. The molecule has 4 nitrogen and oxygen atoms in total. The molecule has 0 amide bonds. The summed E-state index contributed by atoms with van der Waals surface area (Å²) in [6, 6.07) is 1.84. The largest absolute Gasteiger partial charge is 0.379 e. The zero-order chi connectivity index (χ0) is 8.93. The van der Waals surface area contributed by atoms with Crippen LogP contribution in [0.5, 0.6) is 0 Å². The highest BCUT2D eigenvalue weighted by molar-refractivity contribution is 4.88. The molecule has 70 valence electrons. The summed E-state index contributed by atoms with van der Waals surface area (Å²) < 4.78 is 5.25. The molecule has 0 atom stereocenters. The summed E-state index contributed by atoms with van der Waals surface area (Å²) in [6.07, 6.45) is 3.56. The zero-order valence-corrected chi connectivity index (χ0v) is 7.52. The number of hydrogen-bond donors (Lipinski definition) is 0. The molecule has 2 heterocycles. The van der Waals surface area contributed by atoms with Crippen LogP contribution in [0.3, 0.4) is 0 Å². The second kappa shape index (κ2) is 4.30. The van der Waals surface area contributed by atoms with Crippen molar-refractivity contribution in [3.05, 3.63) is 24.3 Å². The Kier molecular flexibility index (Phi) is 2.84. The number of hydrogen-bond acceptors (Lipinski definition) is 4. The van der Waals surface area contributed by atoms with E-state index in [2.05, 4.69) is 14.9 Å². The van der Waals surface area contributed by atoms with Gasteiger partial charge in [-0.1, -0.05) is 0 Å². The zero-order valence-electron chi connectivity index (χ0n) is 7.52. The third-order valence-corrected chi connectivity index (χ3v) is 2.09. The first-order valence-electron chi connectivity index (χ1n) is 4.51. The van der Waals surface area contributed by atoms with Crippen LogP contribution < -0.4 is 0 Å². The van der Waals surface area contributed by atoms with Gasteiger partial charge in [-0.2, -0.15) is 0 Å². The molecule has 0 N–H and O–H groups in total. The molecule has 0 bridgehead atoms. The molecule has 1 fully saturated rings. The van der Waals surface area contributed by atoms with Crippen molar-refractivity contribution in [1.82, 2.24) is 14.9 Å². The van der Waals surface area contributed by atoms with Gasteiger partial charge in [-0.3, -0.25) is 4.90 Å². The summed E-state index contributed by atoms with van der Waals surface area (Å²) in [5.74, 6) is 0.893. The molecule has 0 spiro atoms. The molecule has 1 aliphatic rings. The quantitative estimate of drug-likeness (QED) is 0.655. The van der Waals surface area contributed by atoms with Gasteiger partial charge in [0.2, 0.25) is 0 Å². The molecule has 13 heavy (non-hydrogen) atoms. The van der Waals surface area contributed by atoms with Crippen LogP contribution in [0, 0.1) is 0 Å². The lowest BCUT2D eigenvalue weighted by atomic mass is 10.4. The van der Waals surface area contributed by atoms with Crippen molar-refractivity contribution in [2.24, 2.45) is 0 Å². The Bertz CT molecular complexity index is 246. The maximum absolute atomic E-state index is 5.25. The van der Waals surface area contributed by atoms with E-state index in [4.69, 9.17) is 4.74 Å². The Morgan fingerprint density at radius 3 is 2.62 bits per heavy atom. The van der Waals surface area contributed by atoms with Crippen molar-refractivity contribution in [2.75, 3.05) is 26.3 Å². The van der Waals surface area contributed by atoms with Crippen molar-refractivity contribution in [2.45, 2.75) is 6.54 Å². The summed E-state index contributed by atoms with van der Waals surface area (Å²) in [6.45, 7) is 4.46. The fourth-order valence-corrected chi connectivity index (χ4v) is 1.37. The van der Waals surface area contributed by atoms with Gasteiger partial charge in [0.15, 0.2) is 0 Å². The van der Waals surface area contributed by atoms with Crippen LogP contribution >= 0.6 is 0 Å². The minimum Gasteiger partial charge on any atom is -0.379 e. The molecule has 0 unspecified atom stereocenters. The van der Waals surface area contributed by atoms with Gasteiger partial charge >= 0.3 is 0 Å². The van der Waals surface area contributed by atoms with E-state index in [0.717, 1.165) is 38.7 Å². The Hall–Kier alpha value is -1.00. The Morgan fingerprint density at radius 2 is 1.92 bits per heavy atom. The maximum atomic E-state index is 5.25. The molecule has 0 radical (unpaired) electrons. The Labute approximate surface area is 77.6 Å². The van der Waals surface area contributed by atoms with Gasteiger partial charge in [0.05, 0.1) is 19.8 Å². The van der Waals surface area contributed by atoms with Crippen molar-refractivity contribution in [3.63, 3.8) is 0 Å². The molecule has 1 aromatic heterocycles. The van der Waals surface area contributed by atoms with Crippen molar-refractivity contribution < 1.29 is 4.74 Å². The molecule has 0 saturated carbocycles. The molecular weight excluding hydrogens is 166 g/mol. The van der Waals surface area contributed by atoms with Gasteiger partial charge in [-0.15, -0.1) is 0 Å². The van der Waals surface area contributed by atoms with Crippen LogP contribution in [0.4, 0.5) is 0 Å². The number of ether oxygens (including phenoxy) is 1. The lowest BCUT2D eigenvalue weighted by Gasteiger charge is -2.25. The average Bonchev–Trinajstić information content (AvgIpc) is 2.21. The number of morpholine rings is 1. The second-order valence-electron chi connectivity index (χ2n) is 3.05. The highest BCUT2D eigenvalue weighted by Crippen LogP contribution is 2.01. The normalized spacial score (nSPS) is 18.8. The van der Waals surface area contributed by atoms with E-state index in [9.17, 15) is 0 Å². The highest BCUT2D eigenvalue weighted by atomic mass is 16.5. The molecule has 4 heteroatoms. The number of rotatable bonds is 2. The highest BCUT2D eigenvalue weighted by Gasteiger charge is 2.11. The van der Waals surface area contributed by atoms with E-state index < -0.39 is 0 Å². The summed E-state index contributed by atoms with van der Waals surface area (Å²) >= 11 is 0. The molecule has 1 aliphatic heterocycles. The lowest BCUT2D eigenvalue weighted by Crippen LogP contribution is -2.36. The monoisotopic (exact) mass is 179 g/mol. The summed E-state index contributed by atoms with van der Waals surface area (Å²) in [5, 5.41) is 0. The van der Waals surface area contributed by atoms with Gasteiger partial charge in [0.1, 0.15) is 5.82 Å². The SMILES string of the molecule is c1cnc(CN2CCOCC2)nc1. The lowest BCUT2D eigenvalue weighted by molar-refractivity contribution is 0.0330. The van der Waals surface area contributed by atoms with Crippen molar-refractivity contribution in [3.8, 4) is 0 Å². The standard InChI is InChI=1S/C9H13N3O/c1-2-10-9(11-3-1)8-12-4-6-13-7-5-12/h1-3H,4-8H2. The third kappa shape index (κ3) is 2.47. The van der Waals surface area contributed by atoms with E-state index in [-0.39, 0.29) is 0 Å². The van der Waals surface area contributed by atoms with Gasteiger partial charge in [0, 0.05) is 25.5 Å². The van der Waals surface area contributed by atoms with Gasteiger partial charge in [-0.05, 0) is 6.07 Å². The first-order chi connectivity index (χ1) is 6.45. The topological polar surface area (TPSA) is 38.2 Å². The fraction of sp³-hybridized carbons (Fsp3) is 0.556. The van der Waals surface area contributed by atoms with Crippen LogP contribution in [-0.2, 0) is 11.3 Å².